The standard InChI is InChI=1S/C14H23N3O2/c1-3-4-12-15-13(19-16-12)5-6-14(18)17-9-7-11(2)8-10-17/h11H,3-10H2,1-2H3. The van der Waals surface area contributed by atoms with Crippen molar-refractivity contribution in [2.75, 3.05) is 13.1 Å². The van der Waals surface area contributed by atoms with Crippen molar-refractivity contribution in [2.24, 2.45) is 5.92 Å². The normalized spacial score (nSPS) is 16.8. The summed E-state index contributed by atoms with van der Waals surface area (Å²) in [5.41, 5.74) is 0. The molecule has 0 atom stereocenters. The van der Waals surface area contributed by atoms with Crippen molar-refractivity contribution in [3.8, 4) is 0 Å². The number of nitrogens with zero attached hydrogens (tertiary/aromatic N) is 3. The Morgan fingerprint density at radius 1 is 1.37 bits per heavy atom. The zero-order chi connectivity index (χ0) is 13.7. The SMILES string of the molecule is CCCc1noc(CCC(=O)N2CCC(C)CC2)n1. The predicted octanol–water partition coefficient (Wildman–Crippen LogP) is 2.21. The first-order valence-electron chi connectivity index (χ1n) is 7.28. The molecule has 1 aliphatic heterocycles. The fraction of sp³-hybridized carbons (Fsp3) is 0.786. The Kier molecular flexibility index (Phi) is 4.93. The van der Waals surface area contributed by atoms with E-state index in [1.165, 1.54) is 0 Å². The highest BCUT2D eigenvalue weighted by atomic mass is 16.5. The first-order chi connectivity index (χ1) is 9.19. The lowest BCUT2D eigenvalue weighted by Gasteiger charge is -2.30. The van der Waals surface area contributed by atoms with Crippen molar-refractivity contribution in [3.05, 3.63) is 11.7 Å². The van der Waals surface area contributed by atoms with Crippen LogP contribution >= 0.6 is 0 Å². The van der Waals surface area contributed by atoms with Crippen LogP contribution in [0.25, 0.3) is 0 Å². The summed E-state index contributed by atoms with van der Waals surface area (Å²) in [6.07, 6.45) is 5.11. The lowest BCUT2D eigenvalue weighted by Crippen LogP contribution is -2.38. The van der Waals surface area contributed by atoms with Gasteiger partial charge in [0.05, 0.1) is 0 Å². The highest BCUT2D eigenvalue weighted by Crippen LogP contribution is 2.17. The Morgan fingerprint density at radius 2 is 2.11 bits per heavy atom. The molecule has 106 valence electrons. The maximum Gasteiger partial charge on any atom is 0.227 e. The molecular formula is C14H23N3O2. The fourth-order valence-electron chi connectivity index (χ4n) is 2.35. The molecule has 0 N–H and O–H groups in total. The second-order valence-electron chi connectivity index (χ2n) is 5.42. The van der Waals surface area contributed by atoms with Crippen LogP contribution in [-0.2, 0) is 17.6 Å². The van der Waals surface area contributed by atoms with Gasteiger partial charge in [-0.05, 0) is 25.2 Å². The molecule has 0 aliphatic carbocycles. The van der Waals surface area contributed by atoms with Gasteiger partial charge in [-0.3, -0.25) is 4.79 Å². The number of hydrogen-bond donors (Lipinski definition) is 0. The van der Waals surface area contributed by atoms with E-state index in [0.717, 1.165) is 50.5 Å². The summed E-state index contributed by atoms with van der Waals surface area (Å²) < 4.78 is 5.14. The van der Waals surface area contributed by atoms with Gasteiger partial charge >= 0.3 is 0 Å². The molecule has 1 aliphatic rings. The van der Waals surface area contributed by atoms with Crippen LogP contribution in [0.4, 0.5) is 0 Å². The minimum absolute atomic E-state index is 0.210. The maximum atomic E-state index is 12.0. The van der Waals surface area contributed by atoms with E-state index in [2.05, 4.69) is 24.0 Å². The summed E-state index contributed by atoms with van der Waals surface area (Å²) in [7, 11) is 0. The lowest BCUT2D eigenvalue weighted by atomic mass is 9.99. The van der Waals surface area contributed by atoms with Crippen LogP contribution < -0.4 is 0 Å². The molecule has 0 saturated carbocycles. The van der Waals surface area contributed by atoms with Crippen molar-refractivity contribution < 1.29 is 9.32 Å². The van der Waals surface area contributed by atoms with Gasteiger partial charge in [-0.15, -0.1) is 0 Å². The van der Waals surface area contributed by atoms with Crippen LogP contribution in [-0.4, -0.2) is 34.0 Å². The number of rotatable bonds is 5. The number of hydrogen-bond acceptors (Lipinski definition) is 4. The molecule has 1 amide bonds. The number of piperidine rings is 1. The highest BCUT2D eigenvalue weighted by Gasteiger charge is 2.20. The number of carbonyl (C=O) groups excluding carboxylic acids is 1. The van der Waals surface area contributed by atoms with E-state index in [1.54, 1.807) is 0 Å². The molecule has 0 spiro atoms. The zero-order valence-electron chi connectivity index (χ0n) is 11.9. The van der Waals surface area contributed by atoms with Gasteiger partial charge in [-0.1, -0.05) is 19.0 Å². The van der Waals surface area contributed by atoms with Gasteiger partial charge in [0, 0.05) is 32.4 Å². The van der Waals surface area contributed by atoms with E-state index in [0.29, 0.717) is 18.7 Å². The molecule has 5 nitrogen and oxygen atoms in total. The first-order valence-corrected chi connectivity index (χ1v) is 7.28. The van der Waals surface area contributed by atoms with E-state index in [1.807, 2.05) is 4.90 Å². The van der Waals surface area contributed by atoms with Gasteiger partial charge in [0.2, 0.25) is 11.8 Å². The van der Waals surface area contributed by atoms with Gasteiger partial charge in [0.1, 0.15) is 0 Å². The third-order valence-corrected chi connectivity index (χ3v) is 3.67. The molecule has 0 aromatic carbocycles. The van der Waals surface area contributed by atoms with Gasteiger partial charge in [0.15, 0.2) is 5.82 Å². The van der Waals surface area contributed by atoms with E-state index < -0.39 is 0 Å². The van der Waals surface area contributed by atoms with E-state index >= 15 is 0 Å². The molecule has 0 bridgehead atoms. The minimum atomic E-state index is 0.210. The fourth-order valence-corrected chi connectivity index (χ4v) is 2.35. The Bertz CT molecular complexity index is 409. The van der Waals surface area contributed by atoms with Crippen LogP contribution in [0.2, 0.25) is 0 Å². The van der Waals surface area contributed by atoms with Crippen LogP contribution in [0.5, 0.6) is 0 Å². The Balaban J connectivity index is 1.76. The minimum Gasteiger partial charge on any atom is -0.343 e. The number of amides is 1. The maximum absolute atomic E-state index is 12.0. The molecule has 2 heterocycles. The third-order valence-electron chi connectivity index (χ3n) is 3.67. The Labute approximate surface area is 114 Å². The lowest BCUT2D eigenvalue weighted by molar-refractivity contribution is -0.132. The summed E-state index contributed by atoms with van der Waals surface area (Å²) in [5, 5.41) is 3.90. The second kappa shape index (κ2) is 6.68. The quantitative estimate of drug-likeness (QED) is 0.819. The molecule has 19 heavy (non-hydrogen) atoms. The van der Waals surface area contributed by atoms with E-state index in [9.17, 15) is 4.79 Å². The average molecular weight is 265 g/mol. The number of likely N-dealkylation sites (tertiary alicyclic amines) is 1. The second-order valence-corrected chi connectivity index (χ2v) is 5.42. The number of carbonyl (C=O) groups is 1. The van der Waals surface area contributed by atoms with Crippen LogP contribution in [0, 0.1) is 5.92 Å². The molecule has 0 unspecified atom stereocenters. The predicted molar refractivity (Wildman–Crippen MR) is 71.6 cm³/mol. The monoisotopic (exact) mass is 265 g/mol. The topological polar surface area (TPSA) is 59.2 Å². The van der Waals surface area contributed by atoms with E-state index in [-0.39, 0.29) is 5.91 Å². The van der Waals surface area contributed by atoms with Crippen LogP contribution in [0.3, 0.4) is 0 Å². The summed E-state index contributed by atoms with van der Waals surface area (Å²) in [6.45, 7) is 6.11. The molecule has 5 heteroatoms. The molecular weight excluding hydrogens is 242 g/mol. The zero-order valence-corrected chi connectivity index (χ0v) is 11.9. The average Bonchev–Trinajstić information content (AvgIpc) is 2.85. The van der Waals surface area contributed by atoms with Crippen molar-refractivity contribution in [2.45, 2.75) is 52.4 Å². The summed E-state index contributed by atoms with van der Waals surface area (Å²) >= 11 is 0. The Morgan fingerprint density at radius 3 is 2.79 bits per heavy atom. The van der Waals surface area contributed by atoms with Gasteiger partial charge in [-0.25, -0.2) is 0 Å². The summed E-state index contributed by atoms with van der Waals surface area (Å²) in [4.78, 5) is 18.3. The Hall–Kier alpha value is -1.39. The largest absolute Gasteiger partial charge is 0.343 e. The van der Waals surface area contributed by atoms with Crippen molar-refractivity contribution in [1.29, 1.82) is 0 Å². The smallest absolute Gasteiger partial charge is 0.227 e. The van der Waals surface area contributed by atoms with E-state index in [4.69, 9.17) is 4.52 Å². The van der Waals surface area contributed by atoms with Crippen molar-refractivity contribution >= 4 is 5.91 Å². The molecule has 2 rings (SSSR count). The molecule has 0 radical (unpaired) electrons. The van der Waals surface area contributed by atoms with Crippen LogP contribution in [0.15, 0.2) is 4.52 Å². The first kappa shape index (κ1) is 14.0. The molecule has 1 fully saturated rings. The van der Waals surface area contributed by atoms with Crippen molar-refractivity contribution in [1.82, 2.24) is 15.0 Å². The number of aryl methyl sites for hydroxylation is 2. The highest BCUT2D eigenvalue weighted by molar-refractivity contribution is 5.76. The molecule has 1 saturated heterocycles. The third kappa shape index (κ3) is 4.04. The molecule has 1 aromatic heterocycles. The van der Waals surface area contributed by atoms with Gasteiger partial charge < -0.3 is 9.42 Å². The van der Waals surface area contributed by atoms with Crippen LogP contribution in [0.1, 0.15) is 51.2 Å². The van der Waals surface area contributed by atoms with Gasteiger partial charge in [0.25, 0.3) is 0 Å². The van der Waals surface area contributed by atoms with Gasteiger partial charge in [-0.2, -0.15) is 4.98 Å². The number of aromatic nitrogens is 2. The summed E-state index contributed by atoms with van der Waals surface area (Å²) in [6, 6.07) is 0. The van der Waals surface area contributed by atoms with Crippen molar-refractivity contribution in [3.63, 3.8) is 0 Å². The summed E-state index contributed by atoms with van der Waals surface area (Å²) in [5.74, 6) is 2.29. The molecule has 1 aromatic rings.